The van der Waals surface area contributed by atoms with Gasteiger partial charge in [-0.25, -0.2) is 0 Å². The molecule has 1 fully saturated rings. The third kappa shape index (κ3) is 5.66. The van der Waals surface area contributed by atoms with Crippen LogP contribution in [0.3, 0.4) is 0 Å². The summed E-state index contributed by atoms with van der Waals surface area (Å²) in [6.45, 7) is 9.18. The average molecular weight is 379 g/mol. The number of methoxy groups -OCH3 is 1. The molecular weight excluding hydrogens is 348 g/mol. The lowest BCUT2D eigenvalue weighted by Gasteiger charge is -2.36. The number of carbonyl (C=O) groups is 2. The Bertz CT molecular complexity index is 617. The van der Waals surface area contributed by atoms with Crippen molar-refractivity contribution in [3.05, 3.63) is 24.3 Å². The van der Waals surface area contributed by atoms with Gasteiger partial charge in [0, 0.05) is 29.4 Å². The number of piperidine rings is 1. The van der Waals surface area contributed by atoms with Gasteiger partial charge in [-0.1, -0.05) is 20.8 Å². The first-order valence-corrected chi connectivity index (χ1v) is 9.99. The number of hydrogen-bond donors (Lipinski definition) is 1. The minimum Gasteiger partial charge on any atom is -0.497 e. The number of likely N-dealkylation sites (tertiary alicyclic amines) is 1. The van der Waals surface area contributed by atoms with E-state index in [9.17, 15) is 9.59 Å². The summed E-state index contributed by atoms with van der Waals surface area (Å²) in [5.74, 6) is 1.04. The molecule has 26 heavy (non-hydrogen) atoms. The van der Waals surface area contributed by atoms with Crippen LogP contribution in [0.1, 0.15) is 40.5 Å². The Kier molecular flexibility index (Phi) is 6.98. The molecule has 1 aromatic rings. The van der Waals surface area contributed by atoms with E-state index in [1.165, 1.54) is 11.8 Å². The van der Waals surface area contributed by atoms with Crippen LogP contribution in [0, 0.1) is 5.41 Å². The maximum absolute atomic E-state index is 12.5. The lowest BCUT2D eigenvalue weighted by atomic mass is 9.93. The number of benzene rings is 1. The summed E-state index contributed by atoms with van der Waals surface area (Å²) >= 11 is 1.54. The molecule has 1 saturated heterocycles. The molecule has 1 N–H and O–H groups in total. The predicted molar refractivity (Wildman–Crippen MR) is 106 cm³/mol. The quantitative estimate of drug-likeness (QED) is 0.799. The van der Waals surface area contributed by atoms with Gasteiger partial charge in [-0.05, 0) is 44.0 Å². The highest BCUT2D eigenvalue weighted by Gasteiger charge is 2.31. The van der Waals surface area contributed by atoms with Crippen molar-refractivity contribution in [2.75, 3.05) is 20.2 Å². The molecule has 2 amide bonds. The van der Waals surface area contributed by atoms with Crippen LogP contribution in [0.2, 0.25) is 0 Å². The molecule has 0 saturated carbocycles. The van der Waals surface area contributed by atoms with Crippen LogP contribution in [0.5, 0.6) is 5.75 Å². The summed E-state index contributed by atoms with van der Waals surface area (Å²) in [7, 11) is 1.64. The first kappa shape index (κ1) is 20.6. The number of ether oxygens (including phenoxy) is 1. The topological polar surface area (TPSA) is 58.6 Å². The molecule has 144 valence electrons. The molecule has 0 aliphatic carbocycles. The summed E-state index contributed by atoms with van der Waals surface area (Å²) in [6.07, 6.45) is 1.63. The Labute approximate surface area is 160 Å². The van der Waals surface area contributed by atoms with Gasteiger partial charge < -0.3 is 15.0 Å². The van der Waals surface area contributed by atoms with Crippen molar-refractivity contribution in [3.63, 3.8) is 0 Å². The molecule has 0 radical (unpaired) electrons. The Morgan fingerprint density at radius 3 is 2.27 bits per heavy atom. The van der Waals surface area contributed by atoms with Gasteiger partial charge in [0.15, 0.2) is 0 Å². The molecule has 1 aromatic carbocycles. The first-order valence-electron chi connectivity index (χ1n) is 9.11. The summed E-state index contributed by atoms with van der Waals surface area (Å²) < 4.78 is 5.15. The van der Waals surface area contributed by atoms with E-state index in [-0.39, 0.29) is 28.5 Å². The van der Waals surface area contributed by atoms with Gasteiger partial charge in [0.1, 0.15) is 5.75 Å². The summed E-state index contributed by atoms with van der Waals surface area (Å²) in [5.41, 5.74) is -0.348. The smallest absolute Gasteiger partial charge is 0.233 e. The van der Waals surface area contributed by atoms with Crippen molar-refractivity contribution in [2.45, 2.75) is 56.7 Å². The number of nitrogens with zero attached hydrogens (tertiary/aromatic N) is 1. The lowest BCUT2D eigenvalue weighted by molar-refractivity contribution is -0.140. The molecule has 6 heteroatoms. The SMILES string of the molecule is COc1ccc(S[C@@H](C)C(=O)NC2CCN(C(=O)C(C)(C)C)CC2)cc1. The number of nitrogens with one attached hydrogen (secondary N) is 1. The van der Waals surface area contributed by atoms with Crippen LogP contribution in [0.25, 0.3) is 0 Å². The highest BCUT2D eigenvalue weighted by molar-refractivity contribution is 8.00. The molecule has 2 rings (SSSR count). The third-order valence-electron chi connectivity index (χ3n) is 4.51. The monoisotopic (exact) mass is 378 g/mol. The zero-order chi connectivity index (χ0) is 19.3. The molecule has 1 heterocycles. The van der Waals surface area contributed by atoms with Gasteiger partial charge in [-0.3, -0.25) is 9.59 Å². The number of carbonyl (C=O) groups excluding carboxylic acids is 2. The van der Waals surface area contributed by atoms with Gasteiger partial charge >= 0.3 is 0 Å². The summed E-state index contributed by atoms with van der Waals surface area (Å²) in [6, 6.07) is 7.86. The van der Waals surface area contributed by atoms with Crippen molar-refractivity contribution in [2.24, 2.45) is 5.41 Å². The molecule has 0 aromatic heterocycles. The zero-order valence-corrected chi connectivity index (χ0v) is 17.2. The van der Waals surface area contributed by atoms with E-state index in [1.807, 2.05) is 56.9 Å². The Hall–Kier alpha value is -1.69. The maximum Gasteiger partial charge on any atom is 0.233 e. The third-order valence-corrected chi connectivity index (χ3v) is 5.62. The molecule has 1 atom stereocenters. The number of thioether (sulfide) groups is 1. The van der Waals surface area contributed by atoms with Crippen molar-refractivity contribution >= 4 is 23.6 Å². The normalized spacial score (nSPS) is 16.9. The molecule has 0 unspecified atom stereocenters. The van der Waals surface area contributed by atoms with Gasteiger partial charge in [0.2, 0.25) is 11.8 Å². The lowest BCUT2D eigenvalue weighted by Crippen LogP contribution is -2.50. The minimum absolute atomic E-state index is 0.0476. The number of rotatable bonds is 5. The first-order chi connectivity index (χ1) is 12.2. The highest BCUT2D eigenvalue weighted by Crippen LogP contribution is 2.26. The maximum atomic E-state index is 12.5. The molecular formula is C20H30N2O3S. The van der Waals surface area contributed by atoms with Crippen molar-refractivity contribution < 1.29 is 14.3 Å². The highest BCUT2D eigenvalue weighted by atomic mass is 32.2. The van der Waals surface area contributed by atoms with Gasteiger partial charge in [-0.15, -0.1) is 11.8 Å². The standard InChI is InChI=1S/C20H30N2O3S/c1-14(26-17-8-6-16(25-5)7-9-17)18(23)21-15-10-12-22(13-11-15)19(24)20(2,3)4/h6-9,14-15H,10-13H2,1-5H3,(H,21,23)/t14-/m0/s1. The second-order valence-corrected chi connectivity index (χ2v) is 9.17. The van der Waals surface area contributed by atoms with Crippen molar-refractivity contribution in [1.82, 2.24) is 10.2 Å². The van der Waals surface area contributed by atoms with E-state index in [0.717, 1.165) is 23.5 Å². The van der Waals surface area contributed by atoms with E-state index in [2.05, 4.69) is 5.32 Å². The second-order valence-electron chi connectivity index (χ2n) is 7.76. The number of hydrogen-bond acceptors (Lipinski definition) is 4. The minimum atomic E-state index is -0.348. The Morgan fingerprint density at radius 2 is 1.77 bits per heavy atom. The Morgan fingerprint density at radius 1 is 1.19 bits per heavy atom. The molecule has 1 aliphatic rings. The largest absolute Gasteiger partial charge is 0.497 e. The van der Waals surface area contributed by atoms with Crippen LogP contribution < -0.4 is 10.1 Å². The van der Waals surface area contributed by atoms with Crippen LogP contribution >= 0.6 is 11.8 Å². The second kappa shape index (κ2) is 8.80. The van der Waals surface area contributed by atoms with Crippen LogP contribution in [-0.4, -0.2) is 48.2 Å². The van der Waals surface area contributed by atoms with Crippen molar-refractivity contribution in [1.29, 1.82) is 0 Å². The fraction of sp³-hybridized carbons (Fsp3) is 0.600. The summed E-state index contributed by atoms with van der Waals surface area (Å²) in [5, 5.41) is 2.97. The number of amides is 2. The van der Waals surface area contributed by atoms with E-state index in [1.54, 1.807) is 7.11 Å². The van der Waals surface area contributed by atoms with E-state index < -0.39 is 0 Å². The zero-order valence-electron chi connectivity index (χ0n) is 16.4. The van der Waals surface area contributed by atoms with E-state index in [0.29, 0.717) is 13.1 Å². The Balaban J connectivity index is 1.79. The molecule has 0 bridgehead atoms. The van der Waals surface area contributed by atoms with Crippen LogP contribution in [0.15, 0.2) is 29.2 Å². The van der Waals surface area contributed by atoms with Gasteiger partial charge in [0.25, 0.3) is 0 Å². The van der Waals surface area contributed by atoms with Crippen LogP contribution in [-0.2, 0) is 9.59 Å². The van der Waals surface area contributed by atoms with Gasteiger partial charge in [0.05, 0.1) is 12.4 Å². The fourth-order valence-corrected chi connectivity index (χ4v) is 3.81. The van der Waals surface area contributed by atoms with Crippen LogP contribution in [0.4, 0.5) is 0 Å². The van der Waals surface area contributed by atoms with E-state index >= 15 is 0 Å². The molecule has 5 nitrogen and oxygen atoms in total. The van der Waals surface area contributed by atoms with Crippen molar-refractivity contribution in [3.8, 4) is 5.75 Å². The predicted octanol–water partition coefficient (Wildman–Crippen LogP) is 3.33. The molecule has 0 spiro atoms. The molecule has 1 aliphatic heterocycles. The van der Waals surface area contributed by atoms with E-state index in [4.69, 9.17) is 4.74 Å². The van der Waals surface area contributed by atoms with Gasteiger partial charge in [-0.2, -0.15) is 0 Å². The fourth-order valence-electron chi connectivity index (χ4n) is 2.93. The average Bonchev–Trinajstić information content (AvgIpc) is 2.61. The summed E-state index contributed by atoms with van der Waals surface area (Å²) in [4.78, 5) is 27.8.